The summed E-state index contributed by atoms with van der Waals surface area (Å²) in [6, 6.07) is 0. The molecule has 0 radical (unpaired) electrons. The molecule has 0 amide bonds. The standard InChI is InChI=1S/C17H28O6/c1-6-8-9-12(3)17(7-2,22-15(20)10-13(4)18)23-16(21)11-14(5)19/h12H,6-11H2,1-5H3. The average molecular weight is 328 g/mol. The Bertz CT molecular complexity index is 410. The summed E-state index contributed by atoms with van der Waals surface area (Å²) < 4.78 is 10.8. The van der Waals surface area contributed by atoms with Gasteiger partial charge in [-0.05, 0) is 20.3 Å². The van der Waals surface area contributed by atoms with E-state index in [1.807, 2.05) is 13.8 Å². The molecule has 0 aromatic carbocycles. The van der Waals surface area contributed by atoms with Gasteiger partial charge in [0, 0.05) is 12.3 Å². The molecule has 0 heterocycles. The van der Waals surface area contributed by atoms with E-state index < -0.39 is 17.7 Å². The summed E-state index contributed by atoms with van der Waals surface area (Å²) in [5.41, 5.74) is 0. The maximum atomic E-state index is 11.9. The second-order valence-electron chi connectivity index (χ2n) is 5.91. The van der Waals surface area contributed by atoms with Crippen LogP contribution in [-0.2, 0) is 28.7 Å². The second-order valence-corrected chi connectivity index (χ2v) is 5.91. The Hall–Kier alpha value is -1.72. The first-order chi connectivity index (χ1) is 10.7. The molecule has 0 saturated carbocycles. The van der Waals surface area contributed by atoms with Gasteiger partial charge in [-0.15, -0.1) is 0 Å². The number of ketones is 2. The minimum absolute atomic E-state index is 0.237. The second kappa shape index (κ2) is 10.1. The normalized spacial score (nSPS) is 12.4. The van der Waals surface area contributed by atoms with Crippen molar-refractivity contribution in [1.29, 1.82) is 0 Å². The first-order valence-corrected chi connectivity index (χ1v) is 8.09. The predicted octanol–water partition coefficient (Wildman–Crippen LogP) is 2.96. The molecule has 1 atom stereocenters. The quantitative estimate of drug-likeness (QED) is 0.329. The molecule has 6 nitrogen and oxygen atoms in total. The maximum Gasteiger partial charge on any atom is 0.316 e. The number of Topliss-reactive ketones (excluding diaryl/α,β-unsaturated/α-hetero) is 2. The van der Waals surface area contributed by atoms with Crippen LogP contribution >= 0.6 is 0 Å². The average Bonchev–Trinajstić information content (AvgIpc) is 2.41. The molecule has 132 valence electrons. The highest BCUT2D eigenvalue weighted by atomic mass is 16.7. The lowest BCUT2D eigenvalue weighted by Crippen LogP contribution is -2.46. The highest BCUT2D eigenvalue weighted by Gasteiger charge is 2.42. The predicted molar refractivity (Wildman–Crippen MR) is 84.5 cm³/mol. The lowest BCUT2D eigenvalue weighted by molar-refractivity contribution is -0.248. The van der Waals surface area contributed by atoms with Crippen molar-refractivity contribution in [2.24, 2.45) is 5.92 Å². The van der Waals surface area contributed by atoms with Gasteiger partial charge in [0.05, 0.1) is 0 Å². The van der Waals surface area contributed by atoms with Gasteiger partial charge in [-0.3, -0.25) is 19.2 Å². The van der Waals surface area contributed by atoms with Gasteiger partial charge in [0.25, 0.3) is 5.79 Å². The Morgan fingerprint density at radius 2 is 1.35 bits per heavy atom. The van der Waals surface area contributed by atoms with Crippen molar-refractivity contribution in [3.05, 3.63) is 0 Å². The van der Waals surface area contributed by atoms with Gasteiger partial charge in [0.15, 0.2) is 0 Å². The Morgan fingerprint density at radius 1 is 0.913 bits per heavy atom. The lowest BCUT2D eigenvalue weighted by Gasteiger charge is -2.37. The van der Waals surface area contributed by atoms with Gasteiger partial charge in [-0.1, -0.05) is 33.6 Å². The number of rotatable bonds is 11. The van der Waals surface area contributed by atoms with Crippen LogP contribution in [0.1, 0.15) is 73.1 Å². The van der Waals surface area contributed by atoms with E-state index in [0.717, 1.165) is 12.8 Å². The van der Waals surface area contributed by atoms with Crippen molar-refractivity contribution >= 4 is 23.5 Å². The summed E-state index contributed by atoms with van der Waals surface area (Å²) in [7, 11) is 0. The lowest BCUT2D eigenvalue weighted by atomic mass is 9.92. The number of unbranched alkanes of at least 4 members (excludes halogenated alkanes) is 1. The number of hydrogen-bond donors (Lipinski definition) is 0. The van der Waals surface area contributed by atoms with E-state index >= 15 is 0 Å². The van der Waals surface area contributed by atoms with E-state index in [4.69, 9.17) is 9.47 Å². The van der Waals surface area contributed by atoms with Crippen molar-refractivity contribution in [1.82, 2.24) is 0 Å². The van der Waals surface area contributed by atoms with Crippen LogP contribution in [0.4, 0.5) is 0 Å². The van der Waals surface area contributed by atoms with E-state index in [1.165, 1.54) is 13.8 Å². The molecule has 0 aromatic rings. The molecule has 0 fully saturated rings. The third-order valence-electron chi connectivity index (χ3n) is 3.59. The highest BCUT2D eigenvalue weighted by molar-refractivity contribution is 5.95. The molecular weight excluding hydrogens is 300 g/mol. The van der Waals surface area contributed by atoms with Gasteiger partial charge in [0.1, 0.15) is 24.4 Å². The van der Waals surface area contributed by atoms with Crippen molar-refractivity contribution in [3.8, 4) is 0 Å². The topological polar surface area (TPSA) is 86.7 Å². The van der Waals surface area contributed by atoms with Crippen LogP contribution in [0.25, 0.3) is 0 Å². The molecule has 0 spiro atoms. The summed E-state index contributed by atoms with van der Waals surface area (Å²) in [6.07, 6.45) is 2.06. The largest absolute Gasteiger partial charge is 0.422 e. The number of ether oxygens (including phenoxy) is 2. The van der Waals surface area contributed by atoms with E-state index in [0.29, 0.717) is 6.42 Å². The summed E-state index contributed by atoms with van der Waals surface area (Å²) in [4.78, 5) is 46.0. The van der Waals surface area contributed by atoms with Gasteiger partial charge in [-0.2, -0.15) is 0 Å². The van der Waals surface area contributed by atoms with Gasteiger partial charge < -0.3 is 9.47 Å². The van der Waals surface area contributed by atoms with Crippen LogP contribution in [0.2, 0.25) is 0 Å². The van der Waals surface area contributed by atoms with Crippen LogP contribution in [0.3, 0.4) is 0 Å². The van der Waals surface area contributed by atoms with Crippen LogP contribution < -0.4 is 0 Å². The monoisotopic (exact) mass is 328 g/mol. The first-order valence-electron chi connectivity index (χ1n) is 8.09. The first kappa shape index (κ1) is 21.3. The van der Waals surface area contributed by atoms with Crippen molar-refractivity contribution < 1.29 is 28.7 Å². The van der Waals surface area contributed by atoms with Gasteiger partial charge >= 0.3 is 11.9 Å². The summed E-state index contributed by atoms with van der Waals surface area (Å²) in [5.74, 6) is -3.77. The fourth-order valence-corrected chi connectivity index (χ4v) is 2.31. The molecule has 1 unspecified atom stereocenters. The van der Waals surface area contributed by atoms with Gasteiger partial charge in [0.2, 0.25) is 0 Å². The molecule has 0 bridgehead atoms. The smallest absolute Gasteiger partial charge is 0.316 e. The Morgan fingerprint density at radius 3 is 1.65 bits per heavy atom. The van der Waals surface area contributed by atoms with Crippen LogP contribution in [0.15, 0.2) is 0 Å². The van der Waals surface area contributed by atoms with Crippen LogP contribution in [0, 0.1) is 5.92 Å². The summed E-state index contributed by atoms with van der Waals surface area (Å²) in [6.45, 7) is 8.18. The maximum absolute atomic E-state index is 11.9. The Balaban J connectivity index is 5.26. The fraction of sp³-hybridized carbons (Fsp3) is 0.765. The van der Waals surface area contributed by atoms with Crippen LogP contribution in [-0.4, -0.2) is 29.3 Å². The van der Waals surface area contributed by atoms with E-state index in [-0.39, 0.29) is 36.7 Å². The van der Waals surface area contributed by atoms with Crippen molar-refractivity contribution in [3.63, 3.8) is 0 Å². The molecule has 0 aliphatic heterocycles. The molecule has 0 aromatic heterocycles. The summed E-state index contributed by atoms with van der Waals surface area (Å²) >= 11 is 0. The van der Waals surface area contributed by atoms with E-state index in [1.54, 1.807) is 6.92 Å². The van der Waals surface area contributed by atoms with Crippen molar-refractivity contribution in [2.45, 2.75) is 78.9 Å². The zero-order valence-corrected chi connectivity index (χ0v) is 14.8. The van der Waals surface area contributed by atoms with Crippen molar-refractivity contribution in [2.75, 3.05) is 0 Å². The number of carbonyl (C=O) groups excluding carboxylic acids is 4. The molecule has 0 N–H and O–H groups in total. The SMILES string of the molecule is CCCCC(C)C(CC)(OC(=O)CC(C)=O)OC(=O)CC(C)=O. The highest BCUT2D eigenvalue weighted by Crippen LogP contribution is 2.32. The Kier molecular flexibility index (Phi) is 9.37. The Labute approximate surface area is 137 Å². The number of hydrogen-bond acceptors (Lipinski definition) is 6. The molecule has 6 heteroatoms. The van der Waals surface area contributed by atoms with E-state index in [9.17, 15) is 19.2 Å². The molecule has 0 rings (SSSR count). The van der Waals surface area contributed by atoms with Gasteiger partial charge in [-0.25, -0.2) is 0 Å². The fourth-order valence-electron chi connectivity index (χ4n) is 2.31. The van der Waals surface area contributed by atoms with E-state index in [2.05, 4.69) is 0 Å². The van der Waals surface area contributed by atoms with Crippen LogP contribution in [0.5, 0.6) is 0 Å². The number of carbonyl (C=O) groups is 4. The third kappa shape index (κ3) is 7.90. The third-order valence-corrected chi connectivity index (χ3v) is 3.59. The minimum atomic E-state index is -1.44. The summed E-state index contributed by atoms with van der Waals surface area (Å²) in [5, 5.41) is 0. The molecular formula is C17H28O6. The molecule has 0 aliphatic carbocycles. The molecule has 23 heavy (non-hydrogen) atoms. The zero-order valence-electron chi connectivity index (χ0n) is 14.8. The molecule has 0 aliphatic rings. The number of esters is 2. The molecule has 0 saturated heterocycles. The minimum Gasteiger partial charge on any atom is -0.422 e. The zero-order chi connectivity index (χ0) is 18.0.